The van der Waals surface area contributed by atoms with Gasteiger partial charge >= 0.3 is 0 Å². The molecule has 1 fully saturated rings. The fourth-order valence-electron chi connectivity index (χ4n) is 2.46. The fourth-order valence-corrected chi connectivity index (χ4v) is 2.46. The number of piperazine rings is 1. The molecular weight excluding hydrogens is 264 g/mol. The molecule has 1 aromatic carbocycles. The van der Waals surface area contributed by atoms with Gasteiger partial charge in [-0.15, -0.1) is 0 Å². The van der Waals surface area contributed by atoms with Gasteiger partial charge < -0.3 is 10.2 Å². The quantitative estimate of drug-likeness (QED) is 0.896. The summed E-state index contributed by atoms with van der Waals surface area (Å²) in [7, 11) is 1.96. The highest BCUT2D eigenvalue weighted by molar-refractivity contribution is 5.78. The number of carbonyl (C=O) groups excluding carboxylic acids is 1. The number of nitriles is 1. The number of benzene rings is 1. The van der Waals surface area contributed by atoms with Crippen molar-refractivity contribution in [2.45, 2.75) is 13.0 Å². The number of amides is 1. The molecule has 0 aromatic heterocycles. The molecule has 1 aliphatic rings. The molecule has 1 aromatic rings. The van der Waals surface area contributed by atoms with Gasteiger partial charge in [0, 0.05) is 32.2 Å². The summed E-state index contributed by atoms with van der Waals surface area (Å²) >= 11 is 0. The van der Waals surface area contributed by atoms with Gasteiger partial charge in [0.15, 0.2) is 0 Å². The standard InChI is InChI=1S/C16H22N4O/c1-13(15-5-3-14(11-17)4-6-15)19(2)12-16(21)20-9-7-18-8-10-20/h3-6,13,18H,7-10,12H2,1-2H3. The molecule has 2 rings (SSSR count). The maximum atomic E-state index is 12.3. The summed E-state index contributed by atoms with van der Waals surface area (Å²) in [5, 5.41) is 12.1. The molecule has 1 saturated heterocycles. The van der Waals surface area contributed by atoms with Gasteiger partial charge in [-0.25, -0.2) is 0 Å². The van der Waals surface area contributed by atoms with Crippen molar-refractivity contribution in [3.63, 3.8) is 0 Å². The molecule has 0 aliphatic carbocycles. The van der Waals surface area contributed by atoms with E-state index in [-0.39, 0.29) is 11.9 Å². The first kappa shape index (κ1) is 15.5. The summed E-state index contributed by atoms with van der Waals surface area (Å²) in [6, 6.07) is 9.80. The lowest BCUT2D eigenvalue weighted by Gasteiger charge is -2.31. The molecule has 0 saturated carbocycles. The Morgan fingerprint density at radius 1 is 1.38 bits per heavy atom. The molecule has 1 N–H and O–H groups in total. The highest BCUT2D eigenvalue weighted by atomic mass is 16.2. The zero-order valence-corrected chi connectivity index (χ0v) is 12.7. The molecule has 112 valence electrons. The van der Waals surface area contributed by atoms with Gasteiger partial charge in [0.2, 0.25) is 5.91 Å². The second-order valence-corrected chi connectivity index (χ2v) is 5.46. The van der Waals surface area contributed by atoms with Crippen LogP contribution in [0.1, 0.15) is 24.1 Å². The van der Waals surface area contributed by atoms with Crippen molar-refractivity contribution in [2.75, 3.05) is 39.8 Å². The minimum atomic E-state index is 0.143. The Morgan fingerprint density at radius 3 is 2.57 bits per heavy atom. The van der Waals surface area contributed by atoms with E-state index < -0.39 is 0 Å². The lowest BCUT2D eigenvalue weighted by molar-refractivity contribution is -0.133. The summed E-state index contributed by atoms with van der Waals surface area (Å²) in [6.45, 7) is 5.82. The van der Waals surface area contributed by atoms with Crippen molar-refractivity contribution >= 4 is 5.91 Å². The molecule has 1 heterocycles. The van der Waals surface area contributed by atoms with Crippen LogP contribution in [-0.2, 0) is 4.79 Å². The number of likely N-dealkylation sites (N-methyl/N-ethyl adjacent to an activating group) is 1. The molecule has 1 amide bonds. The predicted octanol–water partition coefficient (Wildman–Crippen LogP) is 0.983. The topological polar surface area (TPSA) is 59.4 Å². The third kappa shape index (κ3) is 4.03. The van der Waals surface area contributed by atoms with Crippen molar-refractivity contribution in [2.24, 2.45) is 0 Å². The van der Waals surface area contributed by atoms with Crippen molar-refractivity contribution < 1.29 is 4.79 Å². The summed E-state index contributed by atoms with van der Waals surface area (Å²) in [6.07, 6.45) is 0. The van der Waals surface area contributed by atoms with E-state index in [0.29, 0.717) is 12.1 Å². The lowest BCUT2D eigenvalue weighted by atomic mass is 10.1. The van der Waals surface area contributed by atoms with Crippen LogP contribution in [0.5, 0.6) is 0 Å². The van der Waals surface area contributed by atoms with Crippen LogP contribution in [0.4, 0.5) is 0 Å². The number of hydrogen-bond donors (Lipinski definition) is 1. The highest BCUT2D eigenvalue weighted by Crippen LogP contribution is 2.19. The minimum absolute atomic E-state index is 0.143. The number of carbonyl (C=O) groups is 1. The third-order valence-electron chi connectivity index (χ3n) is 4.04. The Bertz CT molecular complexity index is 514. The second-order valence-electron chi connectivity index (χ2n) is 5.46. The number of nitrogens with one attached hydrogen (secondary N) is 1. The van der Waals surface area contributed by atoms with E-state index in [4.69, 9.17) is 5.26 Å². The van der Waals surface area contributed by atoms with Crippen molar-refractivity contribution in [1.29, 1.82) is 5.26 Å². The molecule has 5 heteroatoms. The Labute approximate surface area is 126 Å². The van der Waals surface area contributed by atoms with E-state index in [1.807, 2.05) is 41.1 Å². The smallest absolute Gasteiger partial charge is 0.236 e. The molecule has 0 spiro atoms. The van der Waals surface area contributed by atoms with Crippen LogP contribution in [0.2, 0.25) is 0 Å². The first-order chi connectivity index (χ1) is 10.1. The van der Waals surface area contributed by atoms with Crippen LogP contribution in [0.25, 0.3) is 0 Å². The van der Waals surface area contributed by atoms with E-state index in [1.165, 1.54) is 0 Å². The monoisotopic (exact) mass is 286 g/mol. The average molecular weight is 286 g/mol. The molecule has 1 atom stereocenters. The number of hydrogen-bond acceptors (Lipinski definition) is 4. The zero-order chi connectivity index (χ0) is 15.2. The van der Waals surface area contributed by atoms with Crippen LogP contribution in [-0.4, -0.2) is 55.5 Å². The summed E-state index contributed by atoms with van der Waals surface area (Å²) in [5.74, 6) is 0.180. The molecular formula is C16H22N4O. The molecule has 21 heavy (non-hydrogen) atoms. The largest absolute Gasteiger partial charge is 0.339 e. The van der Waals surface area contributed by atoms with Crippen molar-refractivity contribution in [3.8, 4) is 6.07 Å². The Morgan fingerprint density at radius 2 is 2.00 bits per heavy atom. The van der Waals surface area contributed by atoms with Crippen LogP contribution in [0.15, 0.2) is 24.3 Å². The molecule has 5 nitrogen and oxygen atoms in total. The first-order valence-corrected chi connectivity index (χ1v) is 7.30. The average Bonchev–Trinajstić information content (AvgIpc) is 2.55. The molecule has 0 bridgehead atoms. The van der Waals surface area contributed by atoms with E-state index in [0.717, 1.165) is 31.7 Å². The van der Waals surface area contributed by atoms with E-state index >= 15 is 0 Å². The van der Waals surface area contributed by atoms with Gasteiger partial charge in [-0.2, -0.15) is 5.26 Å². The van der Waals surface area contributed by atoms with Gasteiger partial charge in [0.25, 0.3) is 0 Å². The molecule has 1 aliphatic heterocycles. The highest BCUT2D eigenvalue weighted by Gasteiger charge is 2.20. The SMILES string of the molecule is CC(c1ccc(C#N)cc1)N(C)CC(=O)N1CCNCC1. The van der Waals surface area contributed by atoms with Crippen LogP contribution < -0.4 is 5.32 Å². The van der Waals surface area contributed by atoms with Gasteiger partial charge in [-0.3, -0.25) is 9.69 Å². The Kier molecular flexibility index (Phi) is 5.32. The second kappa shape index (κ2) is 7.21. The van der Waals surface area contributed by atoms with Gasteiger partial charge in [-0.05, 0) is 31.7 Å². The number of nitrogens with zero attached hydrogens (tertiary/aromatic N) is 3. The maximum Gasteiger partial charge on any atom is 0.236 e. The molecule has 1 unspecified atom stereocenters. The van der Waals surface area contributed by atoms with E-state index in [2.05, 4.69) is 18.3 Å². The maximum absolute atomic E-state index is 12.3. The Hall–Kier alpha value is -1.90. The van der Waals surface area contributed by atoms with E-state index in [1.54, 1.807) is 0 Å². The molecule has 0 radical (unpaired) electrons. The fraction of sp³-hybridized carbons (Fsp3) is 0.500. The van der Waals surface area contributed by atoms with Crippen LogP contribution in [0.3, 0.4) is 0 Å². The summed E-state index contributed by atoms with van der Waals surface area (Å²) in [4.78, 5) is 16.2. The minimum Gasteiger partial charge on any atom is -0.339 e. The van der Waals surface area contributed by atoms with E-state index in [9.17, 15) is 4.79 Å². The van der Waals surface area contributed by atoms with Gasteiger partial charge in [0.05, 0.1) is 18.2 Å². The van der Waals surface area contributed by atoms with Crippen molar-refractivity contribution in [1.82, 2.24) is 15.1 Å². The van der Waals surface area contributed by atoms with Crippen LogP contribution in [0, 0.1) is 11.3 Å². The van der Waals surface area contributed by atoms with Gasteiger partial charge in [0.1, 0.15) is 0 Å². The first-order valence-electron chi connectivity index (χ1n) is 7.30. The summed E-state index contributed by atoms with van der Waals surface area (Å²) in [5.41, 5.74) is 1.77. The van der Waals surface area contributed by atoms with Gasteiger partial charge in [-0.1, -0.05) is 12.1 Å². The third-order valence-corrected chi connectivity index (χ3v) is 4.04. The Balaban J connectivity index is 1.93. The lowest BCUT2D eigenvalue weighted by Crippen LogP contribution is -2.49. The normalized spacial score (nSPS) is 16.6. The number of rotatable bonds is 4. The summed E-state index contributed by atoms with van der Waals surface area (Å²) < 4.78 is 0. The zero-order valence-electron chi connectivity index (χ0n) is 12.7. The van der Waals surface area contributed by atoms with Crippen molar-refractivity contribution in [3.05, 3.63) is 35.4 Å². The predicted molar refractivity (Wildman–Crippen MR) is 81.7 cm³/mol. The van der Waals surface area contributed by atoms with Crippen LogP contribution >= 0.6 is 0 Å².